The summed E-state index contributed by atoms with van der Waals surface area (Å²) in [5, 5.41) is 8.70. The number of aromatic nitrogens is 1. The van der Waals surface area contributed by atoms with Gasteiger partial charge in [-0.2, -0.15) is 0 Å². The lowest BCUT2D eigenvalue weighted by Crippen LogP contribution is -2.32. The number of likely N-dealkylation sites (N-methyl/N-ethyl adjacent to an activating group) is 1. The number of aryl methyl sites for hydroxylation is 1. The Morgan fingerprint density at radius 2 is 1.94 bits per heavy atom. The Morgan fingerprint density at radius 3 is 2.33 bits per heavy atom. The number of nitrogens with zero attached hydrogens (tertiary/aromatic N) is 2. The molecule has 0 aliphatic heterocycles. The smallest absolute Gasteiger partial charge is 0.323 e. The number of carbonyl (C=O) groups excluding carboxylic acids is 1. The summed E-state index contributed by atoms with van der Waals surface area (Å²) in [6, 6.07) is 2.09. The largest absolute Gasteiger partial charge is 0.480 e. The van der Waals surface area contributed by atoms with E-state index in [0.717, 1.165) is 11.4 Å². The molecular formula is C13H20N2O3. The summed E-state index contributed by atoms with van der Waals surface area (Å²) in [7, 11) is 1.50. The molecule has 1 aromatic rings. The van der Waals surface area contributed by atoms with Gasteiger partial charge in [0.15, 0.2) is 0 Å². The topological polar surface area (TPSA) is 62.5 Å². The van der Waals surface area contributed by atoms with Crippen molar-refractivity contribution >= 4 is 11.9 Å². The zero-order valence-corrected chi connectivity index (χ0v) is 11.5. The van der Waals surface area contributed by atoms with E-state index in [1.54, 1.807) is 0 Å². The van der Waals surface area contributed by atoms with E-state index < -0.39 is 5.97 Å². The third kappa shape index (κ3) is 2.72. The highest BCUT2D eigenvalue weighted by Gasteiger charge is 2.21. The normalized spacial score (nSPS) is 10.8. The molecule has 1 heterocycles. The minimum atomic E-state index is -1.01. The molecule has 0 unspecified atom stereocenters. The van der Waals surface area contributed by atoms with E-state index in [4.69, 9.17) is 5.11 Å². The predicted molar refractivity (Wildman–Crippen MR) is 68.9 cm³/mol. The van der Waals surface area contributed by atoms with E-state index in [9.17, 15) is 9.59 Å². The van der Waals surface area contributed by atoms with E-state index in [-0.39, 0.29) is 18.5 Å². The van der Waals surface area contributed by atoms with Gasteiger partial charge in [-0.15, -0.1) is 0 Å². The molecule has 0 aliphatic rings. The minimum Gasteiger partial charge on any atom is -0.480 e. The number of amides is 1. The molecule has 18 heavy (non-hydrogen) atoms. The van der Waals surface area contributed by atoms with E-state index in [2.05, 4.69) is 18.4 Å². The summed E-state index contributed by atoms with van der Waals surface area (Å²) < 4.78 is 2.07. The van der Waals surface area contributed by atoms with Crippen LogP contribution in [0.1, 0.15) is 41.6 Å². The molecule has 0 atom stereocenters. The van der Waals surface area contributed by atoms with Crippen molar-refractivity contribution in [3.63, 3.8) is 0 Å². The molecule has 0 spiro atoms. The van der Waals surface area contributed by atoms with E-state index in [1.807, 2.05) is 19.9 Å². The Morgan fingerprint density at radius 1 is 1.39 bits per heavy atom. The first-order valence-electron chi connectivity index (χ1n) is 5.91. The van der Waals surface area contributed by atoms with E-state index >= 15 is 0 Å². The van der Waals surface area contributed by atoms with Crippen LogP contribution in [0.15, 0.2) is 6.07 Å². The highest BCUT2D eigenvalue weighted by Crippen LogP contribution is 2.21. The van der Waals surface area contributed by atoms with Gasteiger partial charge in [0.2, 0.25) is 0 Å². The summed E-state index contributed by atoms with van der Waals surface area (Å²) in [6.45, 7) is 7.64. The zero-order valence-electron chi connectivity index (χ0n) is 11.5. The number of carboxylic acids is 1. The van der Waals surface area contributed by atoms with Crippen molar-refractivity contribution in [1.29, 1.82) is 0 Å². The molecule has 0 fully saturated rings. The standard InChI is InChI=1S/C13H20N2O3/c1-8(2)15-9(3)6-11(10(15)4)13(18)14(5)7-12(16)17/h6,8H,7H2,1-5H3,(H,16,17). The SMILES string of the molecule is Cc1cc(C(=O)N(C)CC(=O)O)c(C)n1C(C)C. The Hall–Kier alpha value is -1.78. The van der Waals surface area contributed by atoms with Crippen LogP contribution >= 0.6 is 0 Å². The fourth-order valence-corrected chi connectivity index (χ4v) is 2.27. The van der Waals surface area contributed by atoms with Gasteiger partial charge < -0.3 is 14.6 Å². The molecular weight excluding hydrogens is 232 g/mol. The molecule has 0 radical (unpaired) electrons. The summed E-state index contributed by atoms with van der Waals surface area (Å²) in [5.74, 6) is -1.26. The van der Waals surface area contributed by atoms with Crippen LogP contribution in [0.25, 0.3) is 0 Å². The number of carbonyl (C=O) groups is 2. The van der Waals surface area contributed by atoms with Gasteiger partial charge in [0, 0.05) is 24.5 Å². The van der Waals surface area contributed by atoms with Crippen LogP contribution in [0.5, 0.6) is 0 Å². The number of hydrogen-bond donors (Lipinski definition) is 1. The van der Waals surface area contributed by atoms with Gasteiger partial charge in [-0.3, -0.25) is 9.59 Å². The van der Waals surface area contributed by atoms with Crippen LogP contribution in [0, 0.1) is 13.8 Å². The second-order valence-electron chi connectivity index (χ2n) is 4.80. The second kappa shape index (κ2) is 5.25. The van der Waals surface area contributed by atoms with Crippen molar-refractivity contribution in [2.45, 2.75) is 33.7 Å². The monoisotopic (exact) mass is 252 g/mol. The summed E-state index contributed by atoms with van der Waals surface area (Å²) in [6.07, 6.45) is 0. The fourth-order valence-electron chi connectivity index (χ4n) is 2.27. The lowest BCUT2D eigenvalue weighted by atomic mass is 10.2. The van der Waals surface area contributed by atoms with Crippen molar-refractivity contribution in [3.8, 4) is 0 Å². The summed E-state index contributed by atoms with van der Waals surface area (Å²) in [5.41, 5.74) is 2.46. The summed E-state index contributed by atoms with van der Waals surface area (Å²) in [4.78, 5) is 24.0. The van der Waals surface area contributed by atoms with Gasteiger partial charge >= 0.3 is 5.97 Å². The molecule has 5 heteroatoms. The average molecular weight is 252 g/mol. The number of hydrogen-bond acceptors (Lipinski definition) is 2. The quantitative estimate of drug-likeness (QED) is 0.889. The molecule has 1 amide bonds. The lowest BCUT2D eigenvalue weighted by molar-refractivity contribution is -0.137. The Kier molecular flexibility index (Phi) is 4.16. The van der Waals surface area contributed by atoms with Crippen LogP contribution in [0.3, 0.4) is 0 Å². The highest BCUT2D eigenvalue weighted by molar-refractivity contribution is 5.97. The van der Waals surface area contributed by atoms with Crippen LogP contribution < -0.4 is 0 Å². The van der Waals surface area contributed by atoms with Gasteiger partial charge in [-0.1, -0.05) is 0 Å². The van der Waals surface area contributed by atoms with Gasteiger partial charge in [0.25, 0.3) is 5.91 Å². The molecule has 0 aliphatic carbocycles. The predicted octanol–water partition coefficient (Wildman–Crippen LogP) is 1.84. The molecule has 1 rings (SSSR count). The molecule has 1 N–H and O–H groups in total. The molecule has 1 aromatic heterocycles. The van der Waals surface area contributed by atoms with Crippen molar-refractivity contribution in [2.75, 3.05) is 13.6 Å². The third-order valence-corrected chi connectivity index (χ3v) is 2.95. The maximum Gasteiger partial charge on any atom is 0.323 e. The minimum absolute atomic E-state index is 0.252. The molecule has 0 aromatic carbocycles. The number of rotatable bonds is 4. The maximum atomic E-state index is 12.1. The first-order chi connectivity index (χ1) is 8.25. The Bertz CT molecular complexity index is 475. The van der Waals surface area contributed by atoms with E-state index in [1.165, 1.54) is 11.9 Å². The van der Waals surface area contributed by atoms with Crippen molar-refractivity contribution in [1.82, 2.24) is 9.47 Å². The first-order valence-corrected chi connectivity index (χ1v) is 5.91. The van der Waals surface area contributed by atoms with Crippen LogP contribution in [-0.2, 0) is 4.79 Å². The van der Waals surface area contributed by atoms with Crippen LogP contribution in [0.4, 0.5) is 0 Å². The number of aliphatic carboxylic acids is 1. The summed E-state index contributed by atoms with van der Waals surface area (Å²) >= 11 is 0. The Balaban J connectivity index is 3.07. The van der Waals surface area contributed by atoms with Gasteiger partial charge in [-0.25, -0.2) is 0 Å². The van der Waals surface area contributed by atoms with Crippen LogP contribution in [-0.4, -0.2) is 40.0 Å². The van der Waals surface area contributed by atoms with Crippen molar-refractivity contribution in [2.24, 2.45) is 0 Å². The average Bonchev–Trinajstić information content (AvgIpc) is 2.51. The third-order valence-electron chi connectivity index (χ3n) is 2.95. The Labute approximate surface area is 107 Å². The second-order valence-corrected chi connectivity index (χ2v) is 4.80. The zero-order chi connectivity index (χ0) is 14.0. The first kappa shape index (κ1) is 14.3. The molecule has 0 bridgehead atoms. The van der Waals surface area contributed by atoms with Gasteiger partial charge in [0.1, 0.15) is 6.54 Å². The van der Waals surface area contributed by atoms with Crippen molar-refractivity contribution < 1.29 is 14.7 Å². The molecule has 0 saturated heterocycles. The molecule has 5 nitrogen and oxygen atoms in total. The van der Waals surface area contributed by atoms with Crippen LogP contribution in [0.2, 0.25) is 0 Å². The molecule has 0 saturated carbocycles. The lowest BCUT2D eigenvalue weighted by Gasteiger charge is -2.16. The van der Waals surface area contributed by atoms with Crippen molar-refractivity contribution in [3.05, 3.63) is 23.0 Å². The van der Waals surface area contributed by atoms with Gasteiger partial charge in [-0.05, 0) is 33.8 Å². The fraction of sp³-hybridized carbons (Fsp3) is 0.538. The molecule has 100 valence electrons. The van der Waals surface area contributed by atoms with Gasteiger partial charge in [0.05, 0.1) is 5.56 Å². The maximum absolute atomic E-state index is 12.1. The van der Waals surface area contributed by atoms with E-state index in [0.29, 0.717) is 5.56 Å². The number of carboxylic acid groups (broad SMARTS) is 1. The highest BCUT2D eigenvalue weighted by atomic mass is 16.4.